The summed E-state index contributed by atoms with van der Waals surface area (Å²) in [7, 11) is 0. The van der Waals surface area contributed by atoms with Crippen LogP contribution >= 0.6 is 11.3 Å². The average Bonchev–Trinajstić information content (AvgIpc) is 3.24. The van der Waals surface area contributed by atoms with Gasteiger partial charge in [0.2, 0.25) is 11.8 Å². The first-order chi connectivity index (χ1) is 12.0. The Morgan fingerprint density at radius 1 is 1.36 bits per heavy atom. The number of rotatable bonds is 5. The van der Waals surface area contributed by atoms with Crippen molar-refractivity contribution in [2.75, 3.05) is 18.0 Å². The van der Waals surface area contributed by atoms with Crippen molar-refractivity contribution in [3.8, 4) is 0 Å². The van der Waals surface area contributed by atoms with Crippen LogP contribution in [-0.2, 0) is 9.59 Å². The van der Waals surface area contributed by atoms with Crippen LogP contribution in [0.4, 0.5) is 5.69 Å². The Hall–Kier alpha value is -2.18. The predicted molar refractivity (Wildman–Crippen MR) is 98.7 cm³/mol. The third-order valence-electron chi connectivity index (χ3n) is 4.64. The normalized spacial score (nSPS) is 18.4. The van der Waals surface area contributed by atoms with E-state index in [0.29, 0.717) is 6.54 Å². The highest BCUT2D eigenvalue weighted by Crippen LogP contribution is 2.27. The molecule has 2 heterocycles. The molecule has 3 rings (SSSR count). The monoisotopic (exact) mass is 358 g/mol. The van der Waals surface area contributed by atoms with Gasteiger partial charge in [0.1, 0.15) is 6.10 Å². The van der Waals surface area contributed by atoms with Crippen LogP contribution in [0.5, 0.6) is 0 Å². The van der Waals surface area contributed by atoms with E-state index in [0.717, 1.165) is 16.1 Å². The SMILES string of the molecule is Cc1ccc(N2C[C@H](C(=O)NC[C@H](O)c3cccs3)CC2=O)cc1C. The van der Waals surface area contributed by atoms with Gasteiger partial charge in [0, 0.05) is 30.1 Å². The lowest BCUT2D eigenvalue weighted by molar-refractivity contribution is -0.126. The van der Waals surface area contributed by atoms with Crippen molar-refractivity contribution in [2.24, 2.45) is 5.92 Å². The number of anilines is 1. The van der Waals surface area contributed by atoms with Gasteiger partial charge >= 0.3 is 0 Å². The number of hydrogen-bond donors (Lipinski definition) is 2. The van der Waals surface area contributed by atoms with Gasteiger partial charge in [-0.15, -0.1) is 11.3 Å². The lowest BCUT2D eigenvalue weighted by Gasteiger charge is -2.18. The van der Waals surface area contributed by atoms with E-state index in [1.165, 1.54) is 16.9 Å². The van der Waals surface area contributed by atoms with Crippen molar-refractivity contribution in [3.63, 3.8) is 0 Å². The molecule has 1 aliphatic rings. The van der Waals surface area contributed by atoms with Crippen LogP contribution in [-0.4, -0.2) is 30.0 Å². The maximum Gasteiger partial charge on any atom is 0.227 e. The van der Waals surface area contributed by atoms with Gasteiger partial charge in [0.05, 0.1) is 5.92 Å². The summed E-state index contributed by atoms with van der Waals surface area (Å²) in [6.45, 7) is 4.57. The fraction of sp³-hybridized carbons (Fsp3) is 0.368. The Kier molecular flexibility index (Phi) is 5.20. The molecule has 2 N–H and O–H groups in total. The molecule has 1 aliphatic heterocycles. The first-order valence-electron chi connectivity index (χ1n) is 8.32. The molecule has 2 amide bonds. The first-order valence-corrected chi connectivity index (χ1v) is 9.20. The molecule has 2 atom stereocenters. The summed E-state index contributed by atoms with van der Waals surface area (Å²) in [6.07, 6.45) is -0.509. The van der Waals surface area contributed by atoms with Gasteiger partial charge in [-0.3, -0.25) is 9.59 Å². The number of carbonyl (C=O) groups excluding carboxylic acids is 2. The van der Waals surface area contributed by atoms with Gasteiger partial charge in [0.15, 0.2) is 0 Å². The minimum absolute atomic E-state index is 0.0396. The molecular formula is C19H22N2O3S. The van der Waals surface area contributed by atoms with Gasteiger partial charge < -0.3 is 15.3 Å². The van der Waals surface area contributed by atoms with Crippen molar-refractivity contribution >= 4 is 28.8 Å². The smallest absolute Gasteiger partial charge is 0.227 e. The second kappa shape index (κ2) is 7.37. The van der Waals surface area contributed by atoms with Crippen molar-refractivity contribution < 1.29 is 14.7 Å². The average molecular weight is 358 g/mol. The molecule has 1 aromatic heterocycles. The van der Waals surface area contributed by atoms with Crippen molar-refractivity contribution in [3.05, 3.63) is 51.7 Å². The number of nitrogens with one attached hydrogen (secondary N) is 1. The van der Waals surface area contributed by atoms with Crippen LogP contribution in [0.2, 0.25) is 0 Å². The van der Waals surface area contributed by atoms with E-state index in [9.17, 15) is 14.7 Å². The fourth-order valence-corrected chi connectivity index (χ4v) is 3.66. The molecule has 2 aromatic rings. The Balaban J connectivity index is 1.59. The second-order valence-electron chi connectivity index (χ2n) is 6.45. The summed E-state index contributed by atoms with van der Waals surface area (Å²) in [4.78, 5) is 27.2. The van der Waals surface area contributed by atoms with E-state index in [1.54, 1.807) is 4.90 Å². The van der Waals surface area contributed by atoms with Crippen molar-refractivity contribution in [1.82, 2.24) is 5.32 Å². The predicted octanol–water partition coefficient (Wildman–Crippen LogP) is 2.57. The number of aliphatic hydroxyl groups excluding tert-OH is 1. The fourth-order valence-electron chi connectivity index (χ4n) is 2.95. The topological polar surface area (TPSA) is 69.6 Å². The van der Waals surface area contributed by atoms with Gasteiger partial charge in [-0.05, 0) is 48.6 Å². The van der Waals surface area contributed by atoms with Gasteiger partial charge in [-0.2, -0.15) is 0 Å². The Morgan fingerprint density at radius 3 is 2.84 bits per heavy atom. The largest absolute Gasteiger partial charge is 0.386 e. The zero-order valence-corrected chi connectivity index (χ0v) is 15.2. The quantitative estimate of drug-likeness (QED) is 0.863. The number of amides is 2. The maximum absolute atomic E-state index is 12.4. The number of aliphatic hydroxyl groups is 1. The summed E-state index contributed by atoms with van der Waals surface area (Å²) in [5, 5.41) is 14.7. The summed E-state index contributed by atoms with van der Waals surface area (Å²) in [5.41, 5.74) is 3.13. The molecule has 0 bridgehead atoms. The lowest BCUT2D eigenvalue weighted by Crippen LogP contribution is -2.35. The number of aryl methyl sites for hydroxylation is 2. The molecule has 5 nitrogen and oxygen atoms in total. The molecule has 0 radical (unpaired) electrons. The van der Waals surface area contributed by atoms with E-state index >= 15 is 0 Å². The highest BCUT2D eigenvalue weighted by Gasteiger charge is 2.35. The summed E-state index contributed by atoms with van der Waals surface area (Å²) in [5.74, 6) is -0.609. The number of carbonyl (C=O) groups is 2. The van der Waals surface area contributed by atoms with E-state index < -0.39 is 6.10 Å². The van der Waals surface area contributed by atoms with Crippen LogP contribution in [0.25, 0.3) is 0 Å². The third-order valence-corrected chi connectivity index (χ3v) is 5.61. The Labute approximate surface area is 151 Å². The Morgan fingerprint density at radius 2 is 2.16 bits per heavy atom. The summed E-state index contributed by atoms with van der Waals surface area (Å²) < 4.78 is 0. The third kappa shape index (κ3) is 3.91. The second-order valence-corrected chi connectivity index (χ2v) is 7.43. The number of hydrogen-bond acceptors (Lipinski definition) is 4. The van der Waals surface area contributed by atoms with Crippen LogP contribution < -0.4 is 10.2 Å². The molecule has 132 valence electrons. The van der Waals surface area contributed by atoms with E-state index in [4.69, 9.17) is 0 Å². The minimum atomic E-state index is -0.711. The van der Waals surface area contributed by atoms with Gasteiger partial charge in [0.25, 0.3) is 0 Å². The van der Waals surface area contributed by atoms with Crippen LogP contribution in [0.1, 0.15) is 28.5 Å². The van der Waals surface area contributed by atoms with Crippen LogP contribution in [0.3, 0.4) is 0 Å². The highest BCUT2D eigenvalue weighted by molar-refractivity contribution is 7.10. The highest BCUT2D eigenvalue weighted by atomic mass is 32.1. The maximum atomic E-state index is 12.4. The number of nitrogens with zero attached hydrogens (tertiary/aromatic N) is 1. The first kappa shape index (κ1) is 17.6. The summed E-state index contributed by atoms with van der Waals surface area (Å²) in [6, 6.07) is 9.59. The molecule has 1 fully saturated rings. The molecular weight excluding hydrogens is 336 g/mol. The summed E-state index contributed by atoms with van der Waals surface area (Å²) >= 11 is 1.45. The van der Waals surface area contributed by atoms with Crippen molar-refractivity contribution in [1.29, 1.82) is 0 Å². The van der Waals surface area contributed by atoms with Crippen molar-refractivity contribution in [2.45, 2.75) is 26.4 Å². The van der Waals surface area contributed by atoms with Crippen LogP contribution in [0.15, 0.2) is 35.7 Å². The molecule has 1 saturated heterocycles. The molecule has 25 heavy (non-hydrogen) atoms. The Bertz CT molecular complexity index is 773. The molecule has 0 spiro atoms. The zero-order valence-electron chi connectivity index (χ0n) is 14.4. The van der Waals surface area contributed by atoms with Gasteiger partial charge in [-0.25, -0.2) is 0 Å². The van der Waals surface area contributed by atoms with E-state index in [2.05, 4.69) is 5.32 Å². The number of benzene rings is 1. The molecule has 1 aromatic carbocycles. The molecule has 6 heteroatoms. The van der Waals surface area contributed by atoms with E-state index in [-0.39, 0.29) is 30.7 Å². The molecule has 0 saturated carbocycles. The lowest BCUT2D eigenvalue weighted by atomic mass is 10.1. The van der Waals surface area contributed by atoms with Crippen LogP contribution in [0, 0.1) is 19.8 Å². The number of thiophene rings is 1. The zero-order chi connectivity index (χ0) is 18.0. The molecule has 0 unspecified atom stereocenters. The molecule has 0 aliphatic carbocycles. The van der Waals surface area contributed by atoms with E-state index in [1.807, 2.05) is 49.6 Å². The standard InChI is InChI=1S/C19H22N2O3S/c1-12-5-6-15(8-13(12)2)21-11-14(9-18(21)23)19(24)20-10-16(22)17-4-3-7-25-17/h3-8,14,16,22H,9-11H2,1-2H3,(H,20,24)/t14-,16+/m1/s1. The van der Waals surface area contributed by atoms with Gasteiger partial charge in [-0.1, -0.05) is 12.1 Å². The minimum Gasteiger partial charge on any atom is -0.386 e.